The van der Waals surface area contributed by atoms with E-state index in [1.165, 1.54) is 12.1 Å². The summed E-state index contributed by atoms with van der Waals surface area (Å²) in [6, 6.07) is 3.07. The van der Waals surface area contributed by atoms with E-state index in [1.54, 1.807) is 6.92 Å². The standard InChI is InChI=1S/C17H21N5O7/c1-2-29-17(26)20-8-7-19-16(25)18-6-3-9-21-14(23)12-5-4-11(22(27)28)10-13(12)15(21)24/h4-5,10H,2-3,6-9H2,1H3,(H,20,26)(H2,18,19,25). The first-order chi connectivity index (χ1) is 13.8. The van der Waals surface area contributed by atoms with Gasteiger partial charge in [0.1, 0.15) is 0 Å². The first-order valence-electron chi connectivity index (χ1n) is 8.92. The number of carbonyl (C=O) groups excluding carboxylic acids is 4. The second-order valence-electron chi connectivity index (χ2n) is 5.93. The number of nitro groups is 1. The molecule has 1 aromatic carbocycles. The summed E-state index contributed by atoms with van der Waals surface area (Å²) in [7, 11) is 0. The molecule has 0 saturated carbocycles. The van der Waals surface area contributed by atoms with Crippen molar-refractivity contribution in [2.45, 2.75) is 13.3 Å². The molecule has 1 aliphatic heterocycles. The lowest BCUT2D eigenvalue weighted by atomic mass is 10.1. The van der Waals surface area contributed by atoms with Crippen molar-refractivity contribution < 1.29 is 28.8 Å². The molecule has 0 unspecified atom stereocenters. The number of imide groups is 1. The van der Waals surface area contributed by atoms with Crippen molar-refractivity contribution in [2.75, 3.05) is 32.8 Å². The van der Waals surface area contributed by atoms with Crippen LogP contribution in [0.4, 0.5) is 15.3 Å². The number of ether oxygens (including phenoxy) is 1. The molecular weight excluding hydrogens is 386 g/mol. The number of fused-ring (bicyclic) bond motifs is 1. The van der Waals surface area contributed by atoms with Gasteiger partial charge in [0.05, 0.1) is 22.7 Å². The SMILES string of the molecule is CCOC(=O)NCCNC(=O)NCCCN1C(=O)c2ccc([N+](=O)[O-])cc2C1=O. The zero-order valence-corrected chi connectivity index (χ0v) is 15.7. The van der Waals surface area contributed by atoms with Gasteiger partial charge in [0.2, 0.25) is 0 Å². The summed E-state index contributed by atoms with van der Waals surface area (Å²) in [5.41, 5.74) is -0.132. The molecule has 0 radical (unpaired) electrons. The summed E-state index contributed by atoms with van der Waals surface area (Å²) >= 11 is 0. The van der Waals surface area contributed by atoms with E-state index in [9.17, 15) is 29.3 Å². The number of benzene rings is 1. The molecule has 0 spiro atoms. The molecule has 12 nitrogen and oxygen atoms in total. The Bertz CT molecular complexity index is 826. The molecular formula is C17H21N5O7. The van der Waals surface area contributed by atoms with Crippen molar-refractivity contribution in [3.63, 3.8) is 0 Å². The lowest BCUT2D eigenvalue weighted by molar-refractivity contribution is -0.384. The van der Waals surface area contributed by atoms with E-state index in [-0.39, 0.29) is 49.6 Å². The third-order valence-electron chi connectivity index (χ3n) is 3.96. The van der Waals surface area contributed by atoms with Gasteiger partial charge < -0.3 is 20.7 Å². The van der Waals surface area contributed by atoms with Gasteiger partial charge in [0, 0.05) is 38.3 Å². The van der Waals surface area contributed by atoms with Gasteiger partial charge in [-0.25, -0.2) is 9.59 Å². The van der Waals surface area contributed by atoms with Crippen molar-refractivity contribution in [1.29, 1.82) is 0 Å². The smallest absolute Gasteiger partial charge is 0.407 e. The maximum Gasteiger partial charge on any atom is 0.407 e. The molecule has 12 heteroatoms. The summed E-state index contributed by atoms with van der Waals surface area (Å²) in [4.78, 5) is 58.5. The fourth-order valence-corrected chi connectivity index (χ4v) is 2.62. The van der Waals surface area contributed by atoms with Crippen molar-refractivity contribution in [3.8, 4) is 0 Å². The highest BCUT2D eigenvalue weighted by atomic mass is 16.6. The van der Waals surface area contributed by atoms with E-state index in [0.717, 1.165) is 11.0 Å². The summed E-state index contributed by atoms with van der Waals surface area (Å²) in [5, 5.41) is 18.4. The molecule has 0 fully saturated rings. The van der Waals surface area contributed by atoms with E-state index in [2.05, 4.69) is 20.7 Å². The minimum Gasteiger partial charge on any atom is -0.450 e. The Morgan fingerprint density at radius 2 is 1.72 bits per heavy atom. The van der Waals surface area contributed by atoms with Crippen LogP contribution < -0.4 is 16.0 Å². The predicted molar refractivity (Wildman–Crippen MR) is 99.5 cm³/mol. The number of urea groups is 1. The van der Waals surface area contributed by atoms with E-state index in [4.69, 9.17) is 0 Å². The van der Waals surface area contributed by atoms with Crippen LogP contribution in [-0.2, 0) is 4.74 Å². The Morgan fingerprint density at radius 3 is 2.41 bits per heavy atom. The molecule has 1 heterocycles. The first-order valence-corrected chi connectivity index (χ1v) is 8.92. The molecule has 0 saturated heterocycles. The van der Waals surface area contributed by atoms with Crippen LogP contribution in [0.1, 0.15) is 34.1 Å². The molecule has 0 aliphatic carbocycles. The van der Waals surface area contributed by atoms with Crippen LogP contribution in [0.2, 0.25) is 0 Å². The van der Waals surface area contributed by atoms with Gasteiger partial charge in [-0.2, -0.15) is 0 Å². The summed E-state index contributed by atoms with van der Waals surface area (Å²) in [6.45, 7) is 2.59. The number of nitro benzene ring substituents is 1. The first kappa shape index (κ1) is 21.6. The third-order valence-corrected chi connectivity index (χ3v) is 3.96. The molecule has 156 valence electrons. The zero-order valence-electron chi connectivity index (χ0n) is 15.7. The van der Waals surface area contributed by atoms with Crippen LogP contribution in [0.5, 0.6) is 0 Å². The lowest BCUT2D eigenvalue weighted by Gasteiger charge is -2.14. The zero-order chi connectivity index (χ0) is 21.4. The number of hydrogen-bond donors (Lipinski definition) is 3. The number of hydrogen-bond acceptors (Lipinski definition) is 7. The topological polar surface area (TPSA) is 160 Å². The Balaban J connectivity index is 1.71. The van der Waals surface area contributed by atoms with Crippen molar-refractivity contribution >= 4 is 29.6 Å². The van der Waals surface area contributed by atoms with Gasteiger partial charge in [-0.1, -0.05) is 0 Å². The second-order valence-corrected chi connectivity index (χ2v) is 5.93. The van der Waals surface area contributed by atoms with Crippen LogP contribution in [0.25, 0.3) is 0 Å². The number of rotatable bonds is 9. The number of nitrogens with zero attached hydrogens (tertiary/aromatic N) is 2. The van der Waals surface area contributed by atoms with Crippen LogP contribution >= 0.6 is 0 Å². The summed E-state index contributed by atoms with van der Waals surface area (Å²) in [6.07, 6.45) is -0.261. The molecule has 29 heavy (non-hydrogen) atoms. The molecule has 0 bridgehead atoms. The third kappa shape index (κ3) is 5.64. The number of nitrogens with one attached hydrogen (secondary N) is 3. The Hall–Kier alpha value is -3.70. The van der Waals surface area contributed by atoms with Crippen LogP contribution in [0, 0.1) is 10.1 Å². The van der Waals surface area contributed by atoms with Gasteiger partial charge in [0.15, 0.2) is 0 Å². The van der Waals surface area contributed by atoms with Crippen LogP contribution in [0.15, 0.2) is 18.2 Å². The minimum atomic E-state index is -0.633. The average molecular weight is 407 g/mol. The molecule has 3 N–H and O–H groups in total. The van der Waals surface area contributed by atoms with Crippen molar-refractivity contribution in [3.05, 3.63) is 39.4 Å². The van der Waals surface area contributed by atoms with E-state index >= 15 is 0 Å². The van der Waals surface area contributed by atoms with Gasteiger partial charge >= 0.3 is 12.1 Å². The monoisotopic (exact) mass is 407 g/mol. The molecule has 0 atom stereocenters. The maximum absolute atomic E-state index is 12.3. The Kier molecular flexibility index (Phi) is 7.46. The quantitative estimate of drug-likeness (QED) is 0.234. The normalized spacial score (nSPS) is 12.4. The number of carbonyl (C=O) groups is 4. The summed E-state index contributed by atoms with van der Waals surface area (Å²) in [5.74, 6) is -1.11. The predicted octanol–water partition coefficient (Wildman–Crippen LogP) is 0.626. The molecule has 5 amide bonds. The van der Waals surface area contributed by atoms with Crippen LogP contribution in [-0.4, -0.2) is 66.5 Å². The fraction of sp³-hybridized carbons (Fsp3) is 0.412. The molecule has 1 aliphatic rings. The van der Waals surface area contributed by atoms with Crippen molar-refractivity contribution in [1.82, 2.24) is 20.9 Å². The lowest BCUT2D eigenvalue weighted by Crippen LogP contribution is -2.41. The van der Waals surface area contributed by atoms with E-state index < -0.39 is 28.9 Å². The second kappa shape index (κ2) is 10.0. The van der Waals surface area contributed by atoms with E-state index in [0.29, 0.717) is 6.42 Å². The Morgan fingerprint density at radius 1 is 1.07 bits per heavy atom. The highest BCUT2D eigenvalue weighted by Crippen LogP contribution is 2.26. The minimum absolute atomic E-state index is 0.00371. The van der Waals surface area contributed by atoms with E-state index in [1.807, 2.05) is 0 Å². The Labute approximate surface area is 165 Å². The largest absolute Gasteiger partial charge is 0.450 e. The number of alkyl carbamates (subject to hydrolysis) is 1. The maximum atomic E-state index is 12.3. The molecule has 1 aromatic rings. The van der Waals surface area contributed by atoms with Gasteiger partial charge in [0.25, 0.3) is 17.5 Å². The van der Waals surface area contributed by atoms with Crippen molar-refractivity contribution in [2.24, 2.45) is 0 Å². The molecule has 0 aromatic heterocycles. The highest BCUT2D eigenvalue weighted by Gasteiger charge is 2.36. The van der Waals surface area contributed by atoms with Crippen LogP contribution in [0.3, 0.4) is 0 Å². The van der Waals surface area contributed by atoms with Gasteiger partial charge in [-0.15, -0.1) is 0 Å². The number of amides is 5. The van der Waals surface area contributed by atoms with Gasteiger partial charge in [-0.05, 0) is 19.4 Å². The van der Waals surface area contributed by atoms with Gasteiger partial charge in [-0.3, -0.25) is 24.6 Å². The fourth-order valence-electron chi connectivity index (χ4n) is 2.62. The highest BCUT2D eigenvalue weighted by molar-refractivity contribution is 6.21. The summed E-state index contributed by atoms with van der Waals surface area (Å²) < 4.78 is 4.66. The number of non-ortho nitro benzene ring substituents is 1. The average Bonchev–Trinajstić information content (AvgIpc) is 2.92. The molecule has 2 rings (SSSR count).